The van der Waals surface area contributed by atoms with Gasteiger partial charge in [-0.1, -0.05) is 98.8 Å². The van der Waals surface area contributed by atoms with Gasteiger partial charge in [0, 0.05) is 5.92 Å². The molecular formula is C36H66O5. The van der Waals surface area contributed by atoms with Gasteiger partial charge in [0.05, 0.1) is 24.2 Å². The van der Waals surface area contributed by atoms with E-state index in [0.717, 1.165) is 57.3 Å². The molecule has 1 rings (SSSR count). The zero-order valence-electron chi connectivity index (χ0n) is 27.9. The van der Waals surface area contributed by atoms with Crippen molar-refractivity contribution in [2.45, 2.75) is 169 Å². The first kappa shape index (κ1) is 37.7. The van der Waals surface area contributed by atoms with E-state index in [2.05, 4.69) is 34.6 Å². The molecule has 1 aliphatic carbocycles. The van der Waals surface area contributed by atoms with E-state index in [1.807, 2.05) is 13.0 Å². The molecule has 0 aliphatic heterocycles. The molecule has 0 saturated heterocycles. The van der Waals surface area contributed by atoms with E-state index < -0.39 is 17.7 Å². The number of aliphatic hydroxyl groups excluding tert-OH is 1. The normalized spacial score (nSPS) is 21.2. The Kier molecular flexibility index (Phi) is 18.9. The summed E-state index contributed by atoms with van der Waals surface area (Å²) in [5.41, 5.74) is 1.69. The van der Waals surface area contributed by atoms with E-state index in [-0.39, 0.29) is 11.8 Å². The number of ether oxygens (including phenoxy) is 1. The van der Waals surface area contributed by atoms with E-state index in [9.17, 15) is 15.0 Å². The fourth-order valence-corrected chi connectivity index (χ4v) is 5.98. The Morgan fingerprint density at radius 3 is 2.10 bits per heavy atom. The van der Waals surface area contributed by atoms with Gasteiger partial charge in [-0.3, -0.25) is 4.79 Å². The second-order valence-electron chi connectivity index (χ2n) is 13.8. The lowest BCUT2D eigenvalue weighted by atomic mass is 9.84. The van der Waals surface area contributed by atoms with Crippen LogP contribution < -0.4 is 0 Å². The Morgan fingerprint density at radius 1 is 0.902 bits per heavy atom. The number of carboxylic acid groups (broad SMARTS) is 1. The lowest BCUT2D eigenvalue weighted by Gasteiger charge is -2.29. The highest BCUT2D eigenvalue weighted by molar-refractivity contribution is 5.69. The number of aliphatic hydroxyl groups is 2. The molecule has 0 radical (unpaired) electrons. The van der Waals surface area contributed by atoms with E-state index in [0.29, 0.717) is 24.7 Å². The molecule has 0 fully saturated rings. The summed E-state index contributed by atoms with van der Waals surface area (Å²) < 4.78 is 6.34. The Balaban J connectivity index is 2.34. The summed E-state index contributed by atoms with van der Waals surface area (Å²) in [5.74, 6) is 1.35. The van der Waals surface area contributed by atoms with Gasteiger partial charge in [0.2, 0.25) is 0 Å². The number of carbonyl (C=O) groups is 1. The fourth-order valence-electron chi connectivity index (χ4n) is 5.98. The number of carboxylic acids is 1. The molecule has 1 aliphatic rings. The maximum Gasteiger partial charge on any atom is 0.306 e. The SMILES string of the molecule is CCCCCCCCOC1=C(C)C(C)C(O)C=C1CCC(C)CCCC(C)CCCC(C)(O)CCCC(C)C(=O)O. The smallest absolute Gasteiger partial charge is 0.306 e. The van der Waals surface area contributed by atoms with Gasteiger partial charge in [-0.2, -0.15) is 0 Å². The monoisotopic (exact) mass is 578 g/mol. The van der Waals surface area contributed by atoms with Crippen LogP contribution in [-0.2, 0) is 9.53 Å². The predicted octanol–water partition coefficient (Wildman–Crippen LogP) is 9.61. The maximum absolute atomic E-state index is 11.0. The van der Waals surface area contributed by atoms with Gasteiger partial charge in [0.25, 0.3) is 0 Å². The molecule has 0 bridgehead atoms. The number of unbranched alkanes of at least 4 members (excludes halogenated alkanes) is 5. The molecule has 0 aromatic rings. The maximum atomic E-state index is 11.0. The van der Waals surface area contributed by atoms with E-state index >= 15 is 0 Å². The highest BCUT2D eigenvalue weighted by Crippen LogP contribution is 2.34. The summed E-state index contributed by atoms with van der Waals surface area (Å²) >= 11 is 0. The van der Waals surface area contributed by atoms with Crippen LogP contribution in [0.3, 0.4) is 0 Å². The molecule has 0 saturated carbocycles. The summed E-state index contributed by atoms with van der Waals surface area (Å²) in [4.78, 5) is 11.0. The molecular weight excluding hydrogens is 512 g/mol. The zero-order chi connectivity index (χ0) is 30.8. The lowest BCUT2D eigenvalue weighted by Crippen LogP contribution is -2.24. The van der Waals surface area contributed by atoms with Gasteiger partial charge in [-0.05, 0) is 87.9 Å². The van der Waals surface area contributed by atoms with E-state index in [1.165, 1.54) is 62.5 Å². The van der Waals surface area contributed by atoms with Crippen LogP contribution in [0.25, 0.3) is 0 Å². The number of allylic oxidation sites excluding steroid dienone is 1. The standard InChI is InChI=1S/C36H66O5/c1-8-9-10-11-12-13-25-41-34-31(6)30(5)33(37)26-32(34)22-21-28(3)18-14-17-27(2)19-15-23-36(7,40)24-16-20-29(4)35(38)39/h26-30,33,37,40H,8-25H2,1-7H3,(H,38,39). The zero-order valence-corrected chi connectivity index (χ0v) is 27.9. The first-order valence-electron chi connectivity index (χ1n) is 17.1. The molecule has 41 heavy (non-hydrogen) atoms. The number of hydrogen-bond donors (Lipinski definition) is 3. The Bertz CT molecular complexity index is 783. The third-order valence-corrected chi connectivity index (χ3v) is 9.45. The number of hydrogen-bond acceptors (Lipinski definition) is 4. The summed E-state index contributed by atoms with van der Waals surface area (Å²) in [6.07, 6.45) is 19.9. The van der Waals surface area contributed by atoms with Crippen LogP contribution in [0, 0.1) is 23.7 Å². The van der Waals surface area contributed by atoms with Gasteiger partial charge >= 0.3 is 5.97 Å². The van der Waals surface area contributed by atoms with Gasteiger partial charge in [0.15, 0.2) is 0 Å². The largest absolute Gasteiger partial charge is 0.493 e. The van der Waals surface area contributed by atoms with Crippen molar-refractivity contribution in [3.63, 3.8) is 0 Å². The Hall–Kier alpha value is -1.33. The van der Waals surface area contributed by atoms with Crippen LogP contribution in [0.2, 0.25) is 0 Å². The van der Waals surface area contributed by atoms with Crippen molar-refractivity contribution in [1.29, 1.82) is 0 Å². The average Bonchev–Trinajstić information content (AvgIpc) is 2.90. The molecule has 0 amide bonds. The minimum absolute atomic E-state index is 0.113. The molecule has 6 unspecified atom stereocenters. The van der Waals surface area contributed by atoms with E-state index in [1.54, 1.807) is 6.92 Å². The van der Waals surface area contributed by atoms with Gasteiger partial charge in [-0.15, -0.1) is 0 Å². The van der Waals surface area contributed by atoms with Crippen LogP contribution in [0.15, 0.2) is 23.0 Å². The van der Waals surface area contributed by atoms with E-state index in [4.69, 9.17) is 9.84 Å². The summed E-state index contributed by atoms with van der Waals surface area (Å²) in [6.45, 7) is 15.5. The molecule has 240 valence electrons. The van der Waals surface area contributed by atoms with Crippen LogP contribution in [0.4, 0.5) is 0 Å². The summed E-state index contributed by atoms with van der Waals surface area (Å²) in [6, 6.07) is 0. The van der Waals surface area contributed by atoms with Gasteiger partial charge in [0.1, 0.15) is 5.76 Å². The van der Waals surface area contributed by atoms with Crippen molar-refractivity contribution in [2.75, 3.05) is 6.61 Å². The topological polar surface area (TPSA) is 87.0 Å². The van der Waals surface area contributed by atoms with Gasteiger partial charge in [-0.25, -0.2) is 0 Å². The molecule has 3 N–H and O–H groups in total. The predicted molar refractivity (Wildman–Crippen MR) is 172 cm³/mol. The number of rotatable bonds is 24. The molecule has 5 heteroatoms. The highest BCUT2D eigenvalue weighted by atomic mass is 16.5. The first-order chi connectivity index (χ1) is 19.4. The highest BCUT2D eigenvalue weighted by Gasteiger charge is 2.26. The third kappa shape index (κ3) is 16.2. The van der Waals surface area contributed by atoms with Crippen molar-refractivity contribution in [3.05, 3.63) is 23.0 Å². The Labute approximate surface area is 253 Å². The van der Waals surface area contributed by atoms with Crippen LogP contribution in [0.1, 0.15) is 158 Å². The summed E-state index contributed by atoms with van der Waals surface area (Å²) in [7, 11) is 0. The van der Waals surface area contributed by atoms with Crippen LogP contribution in [-0.4, -0.2) is 39.6 Å². The van der Waals surface area contributed by atoms with Crippen LogP contribution >= 0.6 is 0 Å². The minimum Gasteiger partial charge on any atom is -0.493 e. The minimum atomic E-state index is -0.753. The van der Waals surface area contributed by atoms with Crippen molar-refractivity contribution in [3.8, 4) is 0 Å². The molecule has 0 heterocycles. The summed E-state index contributed by atoms with van der Waals surface area (Å²) in [5, 5.41) is 30.3. The molecule has 0 spiro atoms. The quantitative estimate of drug-likeness (QED) is 0.0993. The van der Waals surface area contributed by atoms with Crippen molar-refractivity contribution in [2.24, 2.45) is 23.7 Å². The van der Waals surface area contributed by atoms with Crippen LogP contribution in [0.5, 0.6) is 0 Å². The fraction of sp³-hybridized carbons (Fsp3) is 0.861. The van der Waals surface area contributed by atoms with Crippen molar-refractivity contribution >= 4 is 5.97 Å². The lowest BCUT2D eigenvalue weighted by molar-refractivity contribution is -0.141. The Morgan fingerprint density at radius 2 is 1.46 bits per heavy atom. The molecule has 6 atom stereocenters. The van der Waals surface area contributed by atoms with Gasteiger partial charge < -0.3 is 20.1 Å². The second kappa shape index (κ2) is 20.6. The first-order valence-corrected chi connectivity index (χ1v) is 17.1. The average molecular weight is 579 g/mol. The van der Waals surface area contributed by atoms with Crippen molar-refractivity contribution in [1.82, 2.24) is 0 Å². The third-order valence-electron chi connectivity index (χ3n) is 9.45. The molecule has 5 nitrogen and oxygen atoms in total. The molecule has 0 aromatic carbocycles. The number of aliphatic carboxylic acids is 1. The van der Waals surface area contributed by atoms with Crippen molar-refractivity contribution < 1.29 is 24.9 Å². The second-order valence-corrected chi connectivity index (χ2v) is 13.8. The molecule has 0 aromatic heterocycles.